The topological polar surface area (TPSA) is 57.2 Å². The summed E-state index contributed by atoms with van der Waals surface area (Å²) in [5.41, 5.74) is 5.52. The Morgan fingerprint density at radius 1 is 1.53 bits per heavy atom. The minimum atomic E-state index is -0.529. The average molecular weight is 210 g/mol. The van der Waals surface area contributed by atoms with Crippen LogP contribution in [0.2, 0.25) is 0 Å². The van der Waals surface area contributed by atoms with Gasteiger partial charge in [0.1, 0.15) is 17.8 Å². The maximum atomic E-state index is 13.1. The van der Waals surface area contributed by atoms with Crippen molar-refractivity contribution in [2.45, 2.75) is 12.8 Å². The normalized spacial score (nSPS) is 15.7. The van der Waals surface area contributed by atoms with Gasteiger partial charge in [-0.25, -0.2) is 4.39 Å². The molecule has 0 aliphatic carbocycles. The predicted molar refractivity (Wildman–Crippen MR) is 54.5 cm³/mol. The monoisotopic (exact) mass is 210 g/mol. The van der Waals surface area contributed by atoms with E-state index in [-0.39, 0.29) is 5.69 Å². The lowest BCUT2D eigenvalue weighted by molar-refractivity contribution is 0.232. The number of halogens is 1. The number of nitrogen functional groups attached to an aromatic ring is 1. The third kappa shape index (κ3) is 1.86. The minimum absolute atomic E-state index is 0.0959. The summed E-state index contributed by atoms with van der Waals surface area (Å²) < 4.78 is 19.3. The third-order valence-electron chi connectivity index (χ3n) is 2.24. The Balaban J connectivity index is 2.52. The zero-order chi connectivity index (χ0) is 10.8. The molecule has 0 aromatic carbocycles. The summed E-state index contributed by atoms with van der Waals surface area (Å²) in [6.07, 6.45) is 4.10. The van der Waals surface area contributed by atoms with Crippen molar-refractivity contribution in [1.82, 2.24) is 4.57 Å². The second-order valence-electron chi connectivity index (χ2n) is 3.37. The lowest BCUT2D eigenvalue weighted by Crippen LogP contribution is -2.23. The fraction of sp³-hybridized carbons (Fsp3) is 0.300. The number of hydrogen-bond acceptors (Lipinski definition) is 3. The van der Waals surface area contributed by atoms with Crippen LogP contribution in [0.4, 0.5) is 10.1 Å². The first-order valence-electron chi connectivity index (χ1n) is 4.67. The molecule has 5 heteroatoms. The van der Waals surface area contributed by atoms with Crippen molar-refractivity contribution in [1.29, 1.82) is 0 Å². The summed E-state index contributed by atoms with van der Waals surface area (Å²) in [5.74, 6) is -0.529. The SMILES string of the molecule is Nc1cc(F)cn(C2=COCCC2)c1=O. The van der Waals surface area contributed by atoms with E-state index < -0.39 is 11.4 Å². The Bertz CT molecular complexity index is 465. The first-order chi connectivity index (χ1) is 7.18. The van der Waals surface area contributed by atoms with Crippen molar-refractivity contribution in [3.8, 4) is 0 Å². The Morgan fingerprint density at radius 3 is 3.00 bits per heavy atom. The molecular weight excluding hydrogens is 199 g/mol. The molecule has 0 unspecified atom stereocenters. The average Bonchev–Trinajstić information content (AvgIpc) is 2.24. The number of rotatable bonds is 1. The molecule has 0 bridgehead atoms. The highest BCUT2D eigenvalue weighted by atomic mass is 19.1. The molecule has 80 valence electrons. The van der Waals surface area contributed by atoms with Gasteiger partial charge >= 0.3 is 0 Å². The molecule has 0 radical (unpaired) electrons. The molecule has 1 aliphatic heterocycles. The summed E-state index contributed by atoms with van der Waals surface area (Å²) in [6.45, 7) is 0.628. The van der Waals surface area contributed by atoms with Crippen LogP contribution >= 0.6 is 0 Å². The van der Waals surface area contributed by atoms with Gasteiger partial charge < -0.3 is 10.5 Å². The zero-order valence-corrected chi connectivity index (χ0v) is 8.07. The van der Waals surface area contributed by atoms with Crippen LogP contribution in [-0.4, -0.2) is 11.2 Å². The lowest BCUT2D eigenvalue weighted by Gasteiger charge is -2.15. The van der Waals surface area contributed by atoms with E-state index in [1.54, 1.807) is 0 Å². The molecule has 15 heavy (non-hydrogen) atoms. The van der Waals surface area contributed by atoms with Crippen molar-refractivity contribution >= 4 is 11.4 Å². The molecule has 1 aromatic heterocycles. The molecule has 2 rings (SSSR count). The number of aromatic nitrogens is 1. The van der Waals surface area contributed by atoms with Crippen molar-refractivity contribution in [3.63, 3.8) is 0 Å². The van der Waals surface area contributed by atoms with Gasteiger partial charge in [-0.05, 0) is 12.8 Å². The van der Waals surface area contributed by atoms with Gasteiger partial charge in [-0.15, -0.1) is 0 Å². The van der Waals surface area contributed by atoms with Gasteiger partial charge in [0.15, 0.2) is 0 Å². The van der Waals surface area contributed by atoms with Crippen molar-refractivity contribution in [3.05, 3.63) is 34.7 Å². The van der Waals surface area contributed by atoms with E-state index in [1.165, 1.54) is 10.8 Å². The molecule has 2 heterocycles. The molecule has 1 aromatic rings. The Kier molecular flexibility index (Phi) is 2.45. The fourth-order valence-electron chi connectivity index (χ4n) is 1.51. The predicted octanol–water partition coefficient (Wildman–Crippen LogP) is 1.18. The van der Waals surface area contributed by atoms with Crippen molar-refractivity contribution < 1.29 is 9.13 Å². The standard InChI is InChI=1S/C10H11FN2O2/c11-7-4-9(12)10(14)13(5-7)8-2-1-3-15-6-8/h4-6H,1-3,12H2. The maximum Gasteiger partial charge on any atom is 0.278 e. The lowest BCUT2D eigenvalue weighted by atomic mass is 10.2. The summed E-state index contributed by atoms with van der Waals surface area (Å²) in [6, 6.07) is 1.02. The highest BCUT2D eigenvalue weighted by molar-refractivity contribution is 5.48. The highest BCUT2D eigenvalue weighted by Gasteiger charge is 2.11. The van der Waals surface area contributed by atoms with Crippen LogP contribution in [0.1, 0.15) is 12.8 Å². The molecule has 0 fully saturated rings. The van der Waals surface area contributed by atoms with E-state index in [9.17, 15) is 9.18 Å². The van der Waals surface area contributed by atoms with Crippen molar-refractivity contribution in [2.24, 2.45) is 0 Å². The maximum absolute atomic E-state index is 13.1. The van der Waals surface area contributed by atoms with E-state index in [0.717, 1.165) is 18.7 Å². The van der Waals surface area contributed by atoms with Crippen LogP contribution in [0.25, 0.3) is 5.70 Å². The van der Waals surface area contributed by atoms with E-state index >= 15 is 0 Å². The smallest absolute Gasteiger partial charge is 0.278 e. The van der Waals surface area contributed by atoms with Gasteiger partial charge in [0.2, 0.25) is 0 Å². The summed E-state index contributed by atoms with van der Waals surface area (Å²) in [7, 11) is 0. The van der Waals surface area contributed by atoms with Crippen molar-refractivity contribution in [2.75, 3.05) is 12.3 Å². The van der Waals surface area contributed by atoms with Gasteiger partial charge in [0, 0.05) is 12.3 Å². The van der Waals surface area contributed by atoms with Gasteiger partial charge in [0.25, 0.3) is 5.56 Å². The van der Waals surface area contributed by atoms with Gasteiger partial charge in [-0.2, -0.15) is 0 Å². The van der Waals surface area contributed by atoms with Gasteiger partial charge in [0.05, 0.1) is 12.3 Å². The van der Waals surface area contributed by atoms with E-state index in [4.69, 9.17) is 10.5 Å². The molecule has 2 N–H and O–H groups in total. The molecule has 0 atom stereocenters. The molecule has 0 amide bonds. The first-order valence-corrected chi connectivity index (χ1v) is 4.67. The van der Waals surface area contributed by atoms with Crippen LogP contribution in [0.5, 0.6) is 0 Å². The molecule has 1 aliphatic rings. The van der Waals surface area contributed by atoms with Gasteiger partial charge in [-0.1, -0.05) is 0 Å². The fourth-order valence-corrected chi connectivity index (χ4v) is 1.51. The second kappa shape index (κ2) is 3.76. The minimum Gasteiger partial charge on any atom is -0.499 e. The van der Waals surface area contributed by atoms with E-state index in [1.807, 2.05) is 0 Å². The van der Waals surface area contributed by atoms with E-state index in [2.05, 4.69) is 0 Å². The Morgan fingerprint density at radius 2 is 2.33 bits per heavy atom. The highest BCUT2D eigenvalue weighted by Crippen LogP contribution is 2.16. The third-order valence-corrected chi connectivity index (χ3v) is 2.24. The number of hydrogen-bond donors (Lipinski definition) is 1. The number of nitrogens with zero attached hydrogens (tertiary/aromatic N) is 1. The number of allylic oxidation sites excluding steroid dienone is 1. The molecule has 0 saturated heterocycles. The summed E-state index contributed by atoms with van der Waals surface area (Å²) in [4.78, 5) is 11.6. The van der Waals surface area contributed by atoms with Gasteiger partial charge in [-0.3, -0.25) is 9.36 Å². The number of pyridine rings is 1. The Labute approximate surface area is 85.8 Å². The van der Waals surface area contributed by atoms with Crippen LogP contribution in [-0.2, 0) is 4.74 Å². The number of nitrogens with two attached hydrogens (primary N) is 1. The number of anilines is 1. The summed E-state index contributed by atoms with van der Waals surface area (Å²) in [5, 5.41) is 0. The second-order valence-corrected chi connectivity index (χ2v) is 3.37. The zero-order valence-electron chi connectivity index (χ0n) is 8.07. The summed E-state index contributed by atoms with van der Waals surface area (Å²) >= 11 is 0. The van der Waals surface area contributed by atoms with Crippen LogP contribution < -0.4 is 11.3 Å². The molecular formula is C10H11FN2O2. The number of ether oxygens (including phenoxy) is 1. The van der Waals surface area contributed by atoms with Crippen LogP contribution in [0.3, 0.4) is 0 Å². The van der Waals surface area contributed by atoms with E-state index in [0.29, 0.717) is 18.7 Å². The largest absolute Gasteiger partial charge is 0.499 e. The Hall–Kier alpha value is -1.78. The quantitative estimate of drug-likeness (QED) is 0.757. The molecule has 0 spiro atoms. The van der Waals surface area contributed by atoms with Crippen LogP contribution in [0, 0.1) is 5.82 Å². The van der Waals surface area contributed by atoms with Crippen LogP contribution in [0.15, 0.2) is 23.3 Å². The molecule has 4 nitrogen and oxygen atoms in total. The first kappa shape index (κ1) is 9.76. The molecule has 0 saturated carbocycles.